The quantitative estimate of drug-likeness (QED) is 0.582. The van der Waals surface area contributed by atoms with Crippen LogP contribution in [0.5, 0.6) is 0 Å². The third kappa shape index (κ3) is 2.22. The van der Waals surface area contributed by atoms with E-state index in [1.165, 1.54) is 24.8 Å². The lowest BCUT2D eigenvalue weighted by Gasteiger charge is -2.20. The van der Waals surface area contributed by atoms with Crippen molar-refractivity contribution in [2.45, 2.75) is 32.1 Å². The fraction of sp³-hybridized carbons (Fsp3) is 0.357. The Morgan fingerprint density at radius 2 is 2.11 bits per heavy atom. The Morgan fingerprint density at radius 3 is 2.84 bits per heavy atom. The zero-order valence-electron chi connectivity index (χ0n) is 10.7. The van der Waals surface area contributed by atoms with E-state index in [1.807, 2.05) is 12.3 Å². The van der Waals surface area contributed by atoms with E-state index in [1.54, 1.807) is 6.20 Å². The summed E-state index contributed by atoms with van der Waals surface area (Å²) in [4.78, 5) is 7.39. The Bertz CT molecular complexity index is 621. The van der Waals surface area contributed by atoms with Gasteiger partial charge in [0.25, 0.3) is 0 Å². The summed E-state index contributed by atoms with van der Waals surface area (Å²) in [5, 5.41) is 1.65. The molecule has 2 aromatic rings. The number of hydrazine groups is 1. The standard InChI is InChI=1S/C14H17ClN4/c15-11-8-18-14-10(6-7-17-14)12(11)13(19-16)9-4-2-1-3-5-9/h6-8,19H,1-5,16H2,(H,17,18). The lowest BCUT2D eigenvalue weighted by atomic mass is 9.91. The smallest absolute Gasteiger partial charge is 0.138 e. The van der Waals surface area contributed by atoms with E-state index in [0.29, 0.717) is 5.02 Å². The second-order valence-electron chi connectivity index (χ2n) is 4.90. The van der Waals surface area contributed by atoms with Crippen LogP contribution in [0.2, 0.25) is 5.02 Å². The molecule has 0 unspecified atom stereocenters. The fourth-order valence-electron chi connectivity index (χ4n) is 2.82. The van der Waals surface area contributed by atoms with Gasteiger partial charge in [0.05, 0.1) is 10.7 Å². The number of fused-ring (bicyclic) bond motifs is 1. The van der Waals surface area contributed by atoms with Crippen molar-refractivity contribution in [2.75, 3.05) is 0 Å². The van der Waals surface area contributed by atoms with Crippen molar-refractivity contribution in [3.8, 4) is 0 Å². The maximum Gasteiger partial charge on any atom is 0.138 e. The number of aromatic nitrogens is 2. The molecule has 0 aromatic carbocycles. The van der Waals surface area contributed by atoms with Crippen molar-refractivity contribution in [1.82, 2.24) is 15.4 Å². The lowest BCUT2D eigenvalue weighted by Crippen LogP contribution is -2.22. The van der Waals surface area contributed by atoms with Crippen LogP contribution in [0.25, 0.3) is 16.7 Å². The van der Waals surface area contributed by atoms with Gasteiger partial charge in [-0.05, 0) is 37.3 Å². The van der Waals surface area contributed by atoms with E-state index < -0.39 is 0 Å². The van der Waals surface area contributed by atoms with Gasteiger partial charge >= 0.3 is 0 Å². The number of hydrogen-bond donors (Lipinski definition) is 3. The van der Waals surface area contributed by atoms with Gasteiger partial charge in [-0.25, -0.2) is 4.98 Å². The molecule has 0 aliphatic heterocycles. The van der Waals surface area contributed by atoms with Crippen LogP contribution in [0.4, 0.5) is 0 Å². The first-order chi connectivity index (χ1) is 9.31. The second kappa shape index (κ2) is 5.23. The summed E-state index contributed by atoms with van der Waals surface area (Å²) in [6.45, 7) is 0. The average Bonchev–Trinajstić information content (AvgIpc) is 2.91. The van der Waals surface area contributed by atoms with Crippen molar-refractivity contribution >= 4 is 28.3 Å². The average molecular weight is 277 g/mol. The van der Waals surface area contributed by atoms with Gasteiger partial charge in [-0.1, -0.05) is 18.0 Å². The second-order valence-corrected chi connectivity index (χ2v) is 5.31. The van der Waals surface area contributed by atoms with Gasteiger partial charge in [0, 0.05) is 23.3 Å². The first-order valence-electron chi connectivity index (χ1n) is 6.62. The van der Waals surface area contributed by atoms with E-state index in [2.05, 4.69) is 15.4 Å². The maximum absolute atomic E-state index is 6.35. The predicted octanol–water partition coefficient (Wildman–Crippen LogP) is 3.35. The molecule has 5 heteroatoms. The van der Waals surface area contributed by atoms with Gasteiger partial charge in [0.2, 0.25) is 0 Å². The molecule has 3 rings (SSSR count). The minimum Gasteiger partial charge on any atom is -0.346 e. The van der Waals surface area contributed by atoms with Crippen LogP contribution in [0, 0.1) is 0 Å². The zero-order valence-corrected chi connectivity index (χ0v) is 11.4. The van der Waals surface area contributed by atoms with Gasteiger partial charge in [0.1, 0.15) is 5.65 Å². The molecular weight excluding hydrogens is 260 g/mol. The molecule has 1 fully saturated rings. The Hall–Kier alpha value is -1.52. The SMILES string of the molecule is NNC(=C1CCCCC1)c1c(Cl)cnc2[nH]ccc12. The topological polar surface area (TPSA) is 66.7 Å². The zero-order chi connectivity index (χ0) is 13.2. The first-order valence-corrected chi connectivity index (χ1v) is 6.99. The number of nitrogens with zero attached hydrogens (tertiary/aromatic N) is 1. The molecular formula is C14H17ClN4. The molecule has 0 spiro atoms. The van der Waals surface area contributed by atoms with Gasteiger partial charge in [-0.15, -0.1) is 0 Å². The molecule has 1 saturated carbocycles. The summed E-state index contributed by atoms with van der Waals surface area (Å²) < 4.78 is 0. The molecule has 19 heavy (non-hydrogen) atoms. The summed E-state index contributed by atoms with van der Waals surface area (Å²) in [6.07, 6.45) is 9.46. The predicted molar refractivity (Wildman–Crippen MR) is 78.4 cm³/mol. The summed E-state index contributed by atoms with van der Waals surface area (Å²) in [5.41, 5.74) is 7.00. The van der Waals surface area contributed by atoms with E-state index >= 15 is 0 Å². The van der Waals surface area contributed by atoms with Gasteiger partial charge in [-0.3, -0.25) is 5.84 Å². The Labute approximate surface area is 117 Å². The highest BCUT2D eigenvalue weighted by molar-refractivity contribution is 6.33. The number of aromatic amines is 1. The van der Waals surface area contributed by atoms with Crippen LogP contribution < -0.4 is 11.3 Å². The first kappa shape index (κ1) is 12.5. The van der Waals surface area contributed by atoms with Crippen LogP contribution in [-0.2, 0) is 0 Å². The molecule has 100 valence electrons. The Balaban J connectivity index is 2.20. The molecule has 0 saturated heterocycles. The number of nitrogens with two attached hydrogens (primary N) is 1. The fourth-order valence-corrected chi connectivity index (χ4v) is 3.06. The molecule has 0 amide bonds. The number of hydrogen-bond acceptors (Lipinski definition) is 3. The highest BCUT2D eigenvalue weighted by atomic mass is 35.5. The van der Waals surface area contributed by atoms with E-state index in [9.17, 15) is 0 Å². The number of allylic oxidation sites excluding steroid dienone is 1. The van der Waals surface area contributed by atoms with E-state index in [-0.39, 0.29) is 0 Å². The number of H-pyrrole nitrogens is 1. The molecule has 4 N–H and O–H groups in total. The van der Waals surface area contributed by atoms with Crippen molar-refractivity contribution in [2.24, 2.45) is 5.84 Å². The minimum absolute atomic E-state index is 0.637. The number of rotatable bonds is 2. The molecule has 0 bridgehead atoms. The van der Waals surface area contributed by atoms with E-state index in [0.717, 1.165) is 35.1 Å². The summed E-state index contributed by atoms with van der Waals surface area (Å²) in [6, 6.07) is 1.99. The van der Waals surface area contributed by atoms with Gasteiger partial charge in [-0.2, -0.15) is 0 Å². The molecule has 0 atom stereocenters. The Morgan fingerprint density at radius 1 is 1.32 bits per heavy atom. The molecule has 1 aliphatic rings. The highest BCUT2D eigenvalue weighted by Crippen LogP contribution is 2.34. The normalized spacial score (nSPS) is 15.8. The molecule has 0 radical (unpaired) electrons. The number of nitrogens with one attached hydrogen (secondary N) is 2. The van der Waals surface area contributed by atoms with Crippen molar-refractivity contribution in [1.29, 1.82) is 0 Å². The van der Waals surface area contributed by atoms with Crippen LogP contribution in [0.15, 0.2) is 24.0 Å². The van der Waals surface area contributed by atoms with Crippen LogP contribution in [0.3, 0.4) is 0 Å². The highest BCUT2D eigenvalue weighted by Gasteiger charge is 2.17. The van der Waals surface area contributed by atoms with Crippen molar-refractivity contribution < 1.29 is 0 Å². The summed E-state index contributed by atoms with van der Waals surface area (Å²) in [5.74, 6) is 5.77. The number of halogens is 1. The van der Waals surface area contributed by atoms with Crippen LogP contribution in [-0.4, -0.2) is 9.97 Å². The maximum atomic E-state index is 6.35. The van der Waals surface area contributed by atoms with E-state index in [4.69, 9.17) is 17.4 Å². The molecule has 4 nitrogen and oxygen atoms in total. The molecule has 2 heterocycles. The molecule has 1 aliphatic carbocycles. The van der Waals surface area contributed by atoms with Crippen LogP contribution >= 0.6 is 11.6 Å². The van der Waals surface area contributed by atoms with Gasteiger partial charge < -0.3 is 10.4 Å². The van der Waals surface area contributed by atoms with Crippen molar-refractivity contribution in [3.05, 3.63) is 34.6 Å². The minimum atomic E-state index is 0.637. The summed E-state index contributed by atoms with van der Waals surface area (Å²) in [7, 11) is 0. The third-order valence-electron chi connectivity index (χ3n) is 3.75. The number of pyridine rings is 1. The monoisotopic (exact) mass is 276 g/mol. The van der Waals surface area contributed by atoms with Crippen LogP contribution in [0.1, 0.15) is 37.7 Å². The largest absolute Gasteiger partial charge is 0.346 e. The Kier molecular flexibility index (Phi) is 3.44. The third-order valence-corrected chi connectivity index (χ3v) is 4.03. The lowest BCUT2D eigenvalue weighted by molar-refractivity contribution is 0.597. The summed E-state index contributed by atoms with van der Waals surface area (Å²) >= 11 is 6.35. The van der Waals surface area contributed by atoms with Gasteiger partial charge in [0.15, 0.2) is 0 Å². The van der Waals surface area contributed by atoms with Crippen molar-refractivity contribution in [3.63, 3.8) is 0 Å². The molecule has 2 aromatic heterocycles.